The van der Waals surface area contributed by atoms with Crippen molar-refractivity contribution in [3.63, 3.8) is 0 Å². The number of nitrogens with two attached hydrogens (primary N) is 1. The molecule has 0 bridgehead atoms. The Morgan fingerprint density at radius 3 is 2.29 bits per heavy atom. The van der Waals surface area contributed by atoms with Crippen LogP contribution in [0.15, 0.2) is 12.4 Å². The van der Waals surface area contributed by atoms with Crippen LogP contribution in [0.3, 0.4) is 0 Å². The summed E-state index contributed by atoms with van der Waals surface area (Å²) in [4.78, 5) is 13.2. The van der Waals surface area contributed by atoms with E-state index < -0.39 is 0 Å². The first-order valence-corrected chi connectivity index (χ1v) is 6.20. The molecule has 0 aliphatic carbocycles. The lowest BCUT2D eigenvalue weighted by Gasteiger charge is -2.35. The maximum Gasteiger partial charge on any atom is 0.225 e. The van der Waals surface area contributed by atoms with E-state index in [1.807, 2.05) is 0 Å². The minimum absolute atomic E-state index is 0.618. The summed E-state index contributed by atoms with van der Waals surface area (Å²) < 4.78 is 0. The van der Waals surface area contributed by atoms with Gasteiger partial charge in [-0.25, -0.2) is 9.97 Å². The lowest BCUT2D eigenvalue weighted by molar-refractivity contribution is 0.230. The summed E-state index contributed by atoms with van der Waals surface area (Å²) >= 11 is 0. The molecule has 2 heterocycles. The van der Waals surface area contributed by atoms with Crippen LogP contribution in [0.5, 0.6) is 0 Å². The monoisotopic (exact) mass is 235 g/mol. The highest BCUT2D eigenvalue weighted by Gasteiger charge is 2.18. The van der Waals surface area contributed by atoms with Gasteiger partial charge < -0.3 is 10.6 Å². The van der Waals surface area contributed by atoms with Crippen LogP contribution in [-0.4, -0.2) is 47.6 Å². The average molecular weight is 235 g/mol. The van der Waals surface area contributed by atoms with E-state index >= 15 is 0 Å². The summed E-state index contributed by atoms with van der Waals surface area (Å²) in [6.07, 6.45) is 3.34. The number of piperazine rings is 1. The second-order valence-electron chi connectivity index (χ2n) is 5.00. The molecule has 0 spiro atoms. The predicted molar refractivity (Wildman–Crippen MR) is 69.9 cm³/mol. The molecule has 0 amide bonds. The molecular weight excluding hydrogens is 214 g/mol. The van der Waals surface area contributed by atoms with E-state index in [9.17, 15) is 0 Å². The molecule has 1 fully saturated rings. The summed E-state index contributed by atoms with van der Waals surface area (Å²) in [6, 6.07) is 0. The van der Waals surface area contributed by atoms with Gasteiger partial charge in [0.2, 0.25) is 5.95 Å². The molecular formula is C12H21N5. The topological polar surface area (TPSA) is 58.3 Å². The largest absolute Gasteiger partial charge is 0.396 e. The number of hydrogen-bond acceptors (Lipinski definition) is 5. The van der Waals surface area contributed by atoms with Crippen LogP contribution < -0.4 is 10.6 Å². The van der Waals surface area contributed by atoms with Crippen molar-refractivity contribution in [2.24, 2.45) is 5.92 Å². The van der Waals surface area contributed by atoms with Gasteiger partial charge in [0.05, 0.1) is 18.1 Å². The van der Waals surface area contributed by atoms with Gasteiger partial charge in [-0.15, -0.1) is 0 Å². The van der Waals surface area contributed by atoms with E-state index in [2.05, 4.69) is 33.6 Å². The van der Waals surface area contributed by atoms with E-state index in [1.54, 1.807) is 12.4 Å². The first-order valence-electron chi connectivity index (χ1n) is 6.20. The molecule has 0 unspecified atom stereocenters. The first-order chi connectivity index (χ1) is 8.15. The minimum Gasteiger partial charge on any atom is -0.396 e. The molecule has 0 saturated carbocycles. The fourth-order valence-corrected chi connectivity index (χ4v) is 2.14. The second-order valence-corrected chi connectivity index (χ2v) is 5.00. The number of rotatable bonds is 3. The van der Waals surface area contributed by atoms with Gasteiger partial charge in [-0.3, -0.25) is 4.90 Å². The Balaban J connectivity index is 1.88. The number of nitrogen functional groups attached to an aromatic ring is 1. The van der Waals surface area contributed by atoms with Crippen LogP contribution in [-0.2, 0) is 0 Å². The Bertz CT molecular complexity index is 340. The minimum atomic E-state index is 0.618. The molecule has 17 heavy (non-hydrogen) atoms. The van der Waals surface area contributed by atoms with Crippen LogP contribution in [0, 0.1) is 5.92 Å². The Labute approximate surface area is 103 Å². The molecule has 0 atom stereocenters. The van der Waals surface area contributed by atoms with Crippen molar-refractivity contribution < 1.29 is 0 Å². The van der Waals surface area contributed by atoms with Crippen molar-refractivity contribution in [3.05, 3.63) is 12.4 Å². The second kappa shape index (κ2) is 5.31. The zero-order valence-electron chi connectivity index (χ0n) is 10.6. The summed E-state index contributed by atoms with van der Waals surface area (Å²) in [5.41, 5.74) is 6.20. The quantitative estimate of drug-likeness (QED) is 0.841. The third-order valence-electron chi connectivity index (χ3n) is 2.94. The zero-order valence-corrected chi connectivity index (χ0v) is 10.6. The van der Waals surface area contributed by atoms with Gasteiger partial charge in [0.15, 0.2) is 0 Å². The molecule has 1 aliphatic rings. The van der Waals surface area contributed by atoms with Crippen molar-refractivity contribution in [1.29, 1.82) is 0 Å². The maximum absolute atomic E-state index is 5.58. The molecule has 1 aromatic rings. The molecule has 5 heteroatoms. The molecule has 0 radical (unpaired) electrons. The lowest BCUT2D eigenvalue weighted by Crippen LogP contribution is -2.47. The number of nitrogens with zero attached hydrogens (tertiary/aromatic N) is 4. The number of aromatic nitrogens is 2. The Kier molecular flexibility index (Phi) is 3.78. The van der Waals surface area contributed by atoms with Gasteiger partial charge in [-0.2, -0.15) is 0 Å². The van der Waals surface area contributed by atoms with Gasteiger partial charge in [-0.05, 0) is 5.92 Å². The standard InChI is InChI=1S/C12H21N5/c1-10(2)9-16-3-5-17(6-4-16)12-14-7-11(13)8-15-12/h7-8,10H,3-6,9,13H2,1-2H3. The molecule has 1 saturated heterocycles. The van der Waals surface area contributed by atoms with E-state index in [0.717, 1.165) is 38.0 Å². The van der Waals surface area contributed by atoms with E-state index in [0.29, 0.717) is 5.69 Å². The van der Waals surface area contributed by atoms with Crippen molar-refractivity contribution in [2.75, 3.05) is 43.4 Å². The van der Waals surface area contributed by atoms with Crippen molar-refractivity contribution in [2.45, 2.75) is 13.8 Å². The van der Waals surface area contributed by atoms with E-state index in [-0.39, 0.29) is 0 Å². The van der Waals surface area contributed by atoms with Gasteiger partial charge in [-0.1, -0.05) is 13.8 Å². The SMILES string of the molecule is CC(C)CN1CCN(c2ncc(N)cn2)CC1. The van der Waals surface area contributed by atoms with E-state index in [1.165, 1.54) is 6.54 Å². The van der Waals surface area contributed by atoms with Crippen molar-refractivity contribution >= 4 is 11.6 Å². The number of anilines is 2. The van der Waals surface area contributed by atoms with Crippen molar-refractivity contribution in [1.82, 2.24) is 14.9 Å². The summed E-state index contributed by atoms with van der Waals surface area (Å²) in [5, 5.41) is 0. The lowest BCUT2D eigenvalue weighted by atomic mass is 10.2. The number of hydrogen-bond donors (Lipinski definition) is 1. The first kappa shape index (κ1) is 12.1. The summed E-state index contributed by atoms with van der Waals surface area (Å²) in [6.45, 7) is 9.87. The normalized spacial score (nSPS) is 17.7. The fraction of sp³-hybridized carbons (Fsp3) is 0.667. The highest BCUT2D eigenvalue weighted by atomic mass is 15.3. The highest BCUT2D eigenvalue weighted by Crippen LogP contribution is 2.12. The third kappa shape index (κ3) is 3.30. The molecule has 0 aromatic carbocycles. The van der Waals surface area contributed by atoms with Gasteiger partial charge in [0, 0.05) is 32.7 Å². The average Bonchev–Trinajstić information content (AvgIpc) is 2.30. The Morgan fingerprint density at radius 2 is 1.76 bits per heavy atom. The fourth-order valence-electron chi connectivity index (χ4n) is 2.14. The van der Waals surface area contributed by atoms with Crippen LogP contribution in [0.2, 0.25) is 0 Å². The molecule has 1 aromatic heterocycles. The molecule has 2 rings (SSSR count). The van der Waals surface area contributed by atoms with Crippen molar-refractivity contribution in [3.8, 4) is 0 Å². The molecule has 1 aliphatic heterocycles. The van der Waals surface area contributed by atoms with E-state index in [4.69, 9.17) is 5.73 Å². The maximum atomic E-state index is 5.58. The third-order valence-corrected chi connectivity index (χ3v) is 2.94. The van der Waals surface area contributed by atoms with Crippen LogP contribution in [0.1, 0.15) is 13.8 Å². The van der Waals surface area contributed by atoms with Gasteiger partial charge in [0.1, 0.15) is 0 Å². The van der Waals surface area contributed by atoms with Crippen LogP contribution in [0.25, 0.3) is 0 Å². The highest BCUT2D eigenvalue weighted by molar-refractivity contribution is 5.38. The summed E-state index contributed by atoms with van der Waals surface area (Å²) in [5.74, 6) is 1.53. The molecule has 94 valence electrons. The zero-order chi connectivity index (χ0) is 12.3. The van der Waals surface area contributed by atoms with Gasteiger partial charge in [0.25, 0.3) is 0 Å². The smallest absolute Gasteiger partial charge is 0.225 e. The predicted octanol–water partition coefficient (Wildman–Crippen LogP) is 0.837. The summed E-state index contributed by atoms with van der Waals surface area (Å²) in [7, 11) is 0. The van der Waals surface area contributed by atoms with Crippen LogP contribution >= 0.6 is 0 Å². The molecule has 5 nitrogen and oxygen atoms in total. The van der Waals surface area contributed by atoms with Crippen LogP contribution in [0.4, 0.5) is 11.6 Å². The Morgan fingerprint density at radius 1 is 1.18 bits per heavy atom. The molecule has 2 N–H and O–H groups in total. The Hall–Kier alpha value is -1.36. The van der Waals surface area contributed by atoms with Gasteiger partial charge >= 0.3 is 0 Å².